The quantitative estimate of drug-likeness (QED) is 0.874. The predicted molar refractivity (Wildman–Crippen MR) is 69.2 cm³/mol. The van der Waals surface area contributed by atoms with Crippen molar-refractivity contribution in [3.05, 3.63) is 59.2 Å². The topological polar surface area (TPSA) is 54.4 Å². The Labute approximate surface area is 117 Å². The molecule has 0 aliphatic carbocycles. The van der Waals surface area contributed by atoms with Gasteiger partial charge in [0.15, 0.2) is 6.29 Å². The lowest BCUT2D eigenvalue weighted by Crippen LogP contribution is -2.14. The lowest BCUT2D eigenvalue weighted by atomic mass is 9.94. The van der Waals surface area contributed by atoms with Crippen molar-refractivity contribution < 1.29 is 27.9 Å². The number of benzene rings is 2. The maximum Gasteiger partial charge on any atom is 0.417 e. The van der Waals surface area contributed by atoms with Crippen LogP contribution in [0.2, 0.25) is 0 Å². The lowest BCUT2D eigenvalue weighted by molar-refractivity contribution is -0.137. The number of hydrogen-bond donors (Lipinski definition) is 1. The molecule has 0 spiro atoms. The summed E-state index contributed by atoms with van der Waals surface area (Å²) in [5.74, 6) is -1.58. The van der Waals surface area contributed by atoms with Gasteiger partial charge in [0.25, 0.3) is 0 Å². The van der Waals surface area contributed by atoms with Gasteiger partial charge in [0.2, 0.25) is 0 Å². The summed E-state index contributed by atoms with van der Waals surface area (Å²) in [5, 5.41) is 9.03. The monoisotopic (exact) mass is 294 g/mol. The van der Waals surface area contributed by atoms with Crippen LogP contribution < -0.4 is 0 Å². The Morgan fingerprint density at radius 1 is 1.05 bits per heavy atom. The fourth-order valence-corrected chi connectivity index (χ4v) is 1.99. The molecule has 0 heterocycles. The van der Waals surface area contributed by atoms with E-state index in [1.807, 2.05) is 0 Å². The zero-order valence-electron chi connectivity index (χ0n) is 10.5. The average Bonchev–Trinajstić information content (AvgIpc) is 2.45. The van der Waals surface area contributed by atoms with Gasteiger partial charge in [-0.2, -0.15) is 13.2 Å². The van der Waals surface area contributed by atoms with Crippen LogP contribution in [-0.4, -0.2) is 17.4 Å². The number of halogens is 3. The van der Waals surface area contributed by atoms with Gasteiger partial charge >= 0.3 is 12.1 Å². The Morgan fingerprint density at radius 2 is 1.67 bits per heavy atom. The van der Waals surface area contributed by atoms with E-state index < -0.39 is 28.8 Å². The van der Waals surface area contributed by atoms with Crippen LogP contribution in [0.5, 0.6) is 0 Å². The fraction of sp³-hybridized carbons (Fsp3) is 0.0667. The van der Waals surface area contributed by atoms with Crippen molar-refractivity contribution in [2.45, 2.75) is 6.18 Å². The number of carbonyl (C=O) groups excluding carboxylic acids is 1. The fourth-order valence-electron chi connectivity index (χ4n) is 1.99. The maximum absolute atomic E-state index is 13.0. The summed E-state index contributed by atoms with van der Waals surface area (Å²) in [6, 6.07) is 9.89. The van der Waals surface area contributed by atoms with Gasteiger partial charge in [-0.1, -0.05) is 30.3 Å². The zero-order valence-corrected chi connectivity index (χ0v) is 10.5. The third kappa shape index (κ3) is 2.94. The molecule has 2 aromatic rings. The maximum atomic E-state index is 13.0. The Morgan fingerprint density at radius 3 is 2.14 bits per heavy atom. The third-order valence-corrected chi connectivity index (χ3v) is 2.94. The standard InChI is InChI=1S/C15H9F3O3/c16-15(17,18)13-7-10(9-4-2-1-3-5-9)6-11(14(20)21)12(13)8-19/h1-8H,(H,20,21). The third-order valence-electron chi connectivity index (χ3n) is 2.94. The van der Waals surface area contributed by atoms with Crippen LogP contribution in [-0.2, 0) is 6.18 Å². The molecule has 2 rings (SSSR count). The second kappa shape index (κ2) is 5.40. The SMILES string of the molecule is O=Cc1c(C(=O)O)cc(-c2ccccc2)cc1C(F)(F)F. The van der Waals surface area contributed by atoms with Gasteiger partial charge in [-0.05, 0) is 23.3 Å². The van der Waals surface area contributed by atoms with E-state index in [1.54, 1.807) is 30.3 Å². The number of rotatable bonds is 3. The number of hydrogen-bond acceptors (Lipinski definition) is 2. The van der Waals surface area contributed by atoms with Crippen molar-refractivity contribution in [1.29, 1.82) is 0 Å². The van der Waals surface area contributed by atoms with Crippen molar-refractivity contribution in [3.8, 4) is 11.1 Å². The molecule has 108 valence electrons. The Hall–Kier alpha value is -2.63. The highest BCUT2D eigenvalue weighted by molar-refractivity contribution is 5.99. The molecule has 0 amide bonds. The van der Waals surface area contributed by atoms with Gasteiger partial charge < -0.3 is 5.11 Å². The van der Waals surface area contributed by atoms with Crippen LogP contribution in [0.4, 0.5) is 13.2 Å². The molecule has 2 aromatic carbocycles. The zero-order chi connectivity index (χ0) is 15.6. The Balaban J connectivity index is 2.79. The van der Waals surface area contributed by atoms with Crippen molar-refractivity contribution >= 4 is 12.3 Å². The predicted octanol–water partition coefficient (Wildman–Crippen LogP) is 3.88. The van der Waals surface area contributed by atoms with Gasteiger partial charge in [-0.3, -0.25) is 4.79 Å². The van der Waals surface area contributed by atoms with Crippen LogP contribution in [0.1, 0.15) is 26.3 Å². The van der Waals surface area contributed by atoms with E-state index in [0.717, 1.165) is 12.1 Å². The summed E-state index contributed by atoms with van der Waals surface area (Å²) < 4.78 is 39.1. The largest absolute Gasteiger partial charge is 0.478 e. The summed E-state index contributed by atoms with van der Waals surface area (Å²) in [4.78, 5) is 22.0. The first-order chi connectivity index (χ1) is 9.84. The van der Waals surface area contributed by atoms with Crippen molar-refractivity contribution in [2.24, 2.45) is 0 Å². The smallest absolute Gasteiger partial charge is 0.417 e. The lowest BCUT2D eigenvalue weighted by Gasteiger charge is -2.14. The Kier molecular flexibility index (Phi) is 3.80. The average molecular weight is 294 g/mol. The summed E-state index contributed by atoms with van der Waals surface area (Å²) >= 11 is 0. The van der Waals surface area contributed by atoms with Gasteiger partial charge in [-0.25, -0.2) is 4.79 Å². The van der Waals surface area contributed by atoms with Crippen molar-refractivity contribution in [3.63, 3.8) is 0 Å². The van der Waals surface area contributed by atoms with Crippen LogP contribution >= 0.6 is 0 Å². The number of aldehydes is 1. The minimum atomic E-state index is -4.81. The number of alkyl halides is 3. The van der Waals surface area contributed by atoms with E-state index in [0.29, 0.717) is 5.56 Å². The van der Waals surface area contributed by atoms with Crippen LogP contribution in [0.25, 0.3) is 11.1 Å². The molecular formula is C15H9F3O3. The number of carboxylic acid groups (broad SMARTS) is 1. The summed E-state index contributed by atoms with van der Waals surface area (Å²) in [6.07, 6.45) is -4.90. The minimum absolute atomic E-state index is 0.0823. The second-order valence-corrected chi connectivity index (χ2v) is 4.27. The molecule has 0 radical (unpaired) electrons. The van der Waals surface area contributed by atoms with Crippen molar-refractivity contribution in [2.75, 3.05) is 0 Å². The first kappa shape index (κ1) is 14.8. The van der Waals surface area contributed by atoms with E-state index in [1.165, 1.54) is 0 Å². The number of aromatic carboxylic acids is 1. The second-order valence-electron chi connectivity index (χ2n) is 4.27. The molecule has 0 fully saturated rings. The van der Waals surface area contributed by atoms with Gasteiger partial charge in [0, 0.05) is 5.56 Å². The Bertz CT molecular complexity index is 691. The molecule has 0 unspecified atom stereocenters. The molecule has 6 heteroatoms. The van der Waals surface area contributed by atoms with E-state index in [2.05, 4.69) is 0 Å². The first-order valence-electron chi connectivity index (χ1n) is 5.83. The van der Waals surface area contributed by atoms with Gasteiger partial charge in [0.1, 0.15) is 0 Å². The van der Waals surface area contributed by atoms with E-state index in [9.17, 15) is 22.8 Å². The van der Waals surface area contributed by atoms with E-state index in [4.69, 9.17) is 5.11 Å². The molecule has 0 atom stereocenters. The van der Waals surface area contributed by atoms with E-state index >= 15 is 0 Å². The number of carboxylic acids is 1. The molecule has 0 aromatic heterocycles. The van der Waals surface area contributed by atoms with E-state index in [-0.39, 0.29) is 11.8 Å². The van der Waals surface area contributed by atoms with Crippen molar-refractivity contribution in [1.82, 2.24) is 0 Å². The molecular weight excluding hydrogens is 285 g/mol. The van der Waals surface area contributed by atoms with Gasteiger partial charge in [0.05, 0.1) is 11.1 Å². The summed E-state index contributed by atoms with van der Waals surface area (Å²) in [5.41, 5.74) is -2.27. The molecule has 1 N–H and O–H groups in total. The highest BCUT2D eigenvalue weighted by Gasteiger charge is 2.36. The first-order valence-corrected chi connectivity index (χ1v) is 5.83. The highest BCUT2D eigenvalue weighted by Crippen LogP contribution is 2.36. The molecule has 0 bridgehead atoms. The molecule has 0 aliphatic heterocycles. The molecule has 3 nitrogen and oxygen atoms in total. The number of carbonyl (C=O) groups is 2. The van der Waals surface area contributed by atoms with Crippen LogP contribution in [0.15, 0.2) is 42.5 Å². The molecule has 0 saturated heterocycles. The van der Waals surface area contributed by atoms with Crippen LogP contribution in [0, 0.1) is 0 Å². The summed E-state index contributed by atoms with van der Waals surface area (Å²) in [7, 11) is 0. The summed E-state index contributed by atoms with van der Waals surface area (Å²) in [6.45, 7) is 0. The van der Waals surface area contributed by atoms with Gasteiger partial charge in [-0.15, -0.1) is 0 Å². The normalized spacial score (nSPS) is 11.2. The molecule has 0 aliphatic rings. The highest BCUT2D eigenvalue weighted by atomic mass is 19.4. The minimum Gasteiger partial charge on any atom is -0.478 e. The molecule has 21 heavy (non-hydrogen) atoms. The molecule has 0 saturated carbocycles. The van der Waals surface area contributed by atoms with Crippen LogP contribution in [0.3, 0.4) is 0 Å².